The van der Waals surface area contributed by atoms with Gasteiger partial charge < -0.3 is 0 Å². The Balaban J connectivity index is 2.31. The molecule has 94 valence electrons. The normalized spacial score (nSPS) is 12.6. The Morgan fingerprint density at radius 1 is 0.947 bits per heavy atom. The van der Waals surface area contributed by atoms with E-state index in [1.165, 1.54) is 0 Å². The maximum Gasteiger partial charge on any atom is 0.228 e. The Hall–Kier alpha value is -2.35. The van der Waals surface area contributed by atoms with Gasteiger partial charge in [-0.25, -0.2) is 0 Å². The van der Waals surface area contributed by atoms with Crippen molar-refractivity contribution < 1.29 is 4.79 Å². The first-order chi connectivity index (χ1) is 9.16. The lowest BCUT2D eigenvalue weighted by Gasteiger charge is -2.23. The second-order valence-corrected chi connectivity index (χ2v) is 4.81. The van der Waals surface area contributed by atoms with Crippen LogP contribution in [0.2, 0.25) is 0 Å². The van der Waals surface area contributed by atoms with Crippen LogP contribution in [-0.4, -0.2) is 5.91 Å². The molecule has 2 nitrogen and oxygen atoms in total. The summed E-state index contributed by atoms with van der Waals surface area (Å²) in [6, 6.07) is 14.1. The standard InChI is InChI=1S/C17H15NO/c1-12-7-8-15-10-9-14-5-3-4-6-16(14)18(13(2)19)17(15)11-12/h3-11H,1-2H3. The monoisotopic (exact) mass is 249 g/mol. The summed E-state index contributed by atoms with van der Waals surface area (Å²) in [6.45, 7) is 3.65. The van der Waals surface area contributed by atoms with Crippen molar-refractivity contribution in [2.75, 3.05) is 4.90 Å². The number of hydrogen-bond acceptors (Lipinski definition) is 1. The van der Waals surface area contributed by atoms with Gasteiger partial charge in [-0.2, -0.15) is 0 Å². The van der Waals surface area contributed by atoms with Gasteiger partial charge in [-0.3, -0.25) is 9.69 Å². The van der Waals surface area contributed by atoms with Crippen LogP contribution in [0.25, 0.3) is 12.2 Å². The van der Waals surface area contributed by atoms with Gasteiger partial charge in [0, 0.05) is 6.92 Å². The minimum absolute atomic E-state index is 0.0306. The van der Waals surface area contributed by atoms with Crippen LogP contribution in [-0.2, 0) is 4.79 Å². The van der Waals surface area contributed by atoms with Gasteiger partial charge in [-0.05, 0) is 35.7 Å². The lowest BCUT2D eigenvalue weighted by atomic mass is 10.1. The maximum atomic E-state index is 12.1. The first-order valence-electron chi connectivity index (χ1n) is 6.35. The predicted octanol–water partition coefficient (Wildman–Crippen LogP) is 4.16. The molecular weight excluding hydrogens is 234 g/mol. The molecule has 2 heteroatoms. The van der Waals surface area contributed by atoms with Gasteiger partial charge in [-0.1, -0.05) is 42.5 Å². The highest BCUT2D eigenvalue weighted by Crippen LogP contribution is 2.36. The average molecular weight is 249 g/mol. The van der Waals surface area contributed by atoms with Crippen LogP contribution in [0.4, 0.5) is 11.4 Å². The van der Waals surface area contributed by atoms with E-state index in [4.69, 9.17) is 0 Å². The van der Waals surface area contributed by atoms with E-state index in [0.717, 1.165) is 28.1 Å². The number of para-hydroxylation sites is 1. The number of benzene rings is 2. The first-order valence-corrected chi connectivity index (χ1v) is 6.35. The van der Waals surface area contributed by atoms with E-state index in [-0.39, 0.29) is 5.91 Å². The van der Waals surface area contributed by atoms with E-state index in [9.17, 15) is 4.79 Å². The maximum absolute atomic E-state index is 12.1. The number of fused-ring (bicyclic) bond motifs is 2. The van der Waals surface area contributed by atoms with Gasteiger partial charge in [0.1, 0.15) is 0 Å². The second-order valence-electron chi connectivity index (χ2n) is 4.81. The molecular formula is C17H15NO. The molecule has 3 rings (SSSR count). The Morgan fingerprint density at radius 3 is 2.37 bits per heavy atom. The molecule has 1 aliphatic heterocycles. The molecule has 0 bridgehead atoms. The van der Waals surface area contributed by atoms with Gasteiger partial charge in [-0.15, -0.1) is 0 Å². The van der Waals surface area contributed by atoms with Crippen LogP contribution in [0.5, 0.6) is 0 Å². The third-order valence-corrected chi connectivity index (χ3v) is 3.36. The molecule has 1 amide bonds. The zero-order valence-electron chi connectivity index (χ0n) is 11.1. The number of aryl methyl sites for hydroxylation is 1. The molecule has 0 aliphatic carbocycles. The molecule has 0 radical (unpaired) electrons. The molecule has 0 atom stereocenters. The number of rotatable bonds is 0. The summed E-state index contributed by atoms with van der Waals surface area (Å²) in [5.74, 6) is 0.0306. The molecule has 19 heavy (non-hydrogen) atoms. The predicted molar refractivity (Wildman–Crippen MR) is 79.4 cm³/mol. The van der Waals surface area contributed by atoms with Crippen LogP contribution >= 0.6 is 0 Å². The zero-order chi connectivity index (χ0) is 13.4. The fraction of sp³-hybridized carbons (Fsp3) is 0.118. The second kappa shape index (κ2) is 4.39. The van der Waals surface area contributed by atoms with Crippen molar-refractivity contribution in [3.8, 4) is 0 Å². The number of anilines is 2. The highest BCUT2D eigenvalue weighted by atomic mass is 16.2. The lowest BCUT2D eigenvalue weighted by Crippen LogP contribution is -2.23. The van der Waals surface area contributed by atoms with Crippen LogP contribution in [0.15, 0.2) is 42.5 Å². The van der Waals surface area contributed by atoms with Crippen molar-refractivity contribution in [3.63, 3.8) is 0 Å². The fourth-order valence-electron chi connectivity index (χ4n) is 2.47. The Kier molecular flexibility index (Phi) is 2.71. The molecule has 0 aromatic heterocycles. The Bertz CT molecular complexity index is 685. The van der Waals surface area contributed by atoms with Crippen molar-refractivity contribution in [1.29, 1.82) is 0 Å². The van der Waals surface area contributed by atoms with Crippen LogP contribution in [0, 0.1) is 6.92 Å². The van der Waals surface area contributed by atoms with Crippen molar-refractivity contribution in [3.05, 3.63) is 59.2 Å². The van der Waals surface area contributed by atoms with E-state index in [2.05, 4.69) is 30.4 Å². The number of nitrogens with zero attached hydrogens (tertiary/aromatic N) is 1. The lowest BCUT2D eigenvalue weighted by molar-refractivity contribution is -0.115. The molecule has 0 fully saturated rings. The van der Waals surface area contributed by atoms with Gasteiger partial charge >= 0.3 is 0 Å². The minimum Gasteiger partial charge on any atom is -0.280 e. The third-order valence-electron chi connectivity index (χ3n) is 3.36. The summed E-state index contributed by atoms with van der Waals surface area (Å²) < 4.78 is 0. The Labute approximate surface area is 113 Å². The van der Waals surface area contributed by atoms with E-state index in [0.29, 0.717) is 0 Å². The molecule has 2 aromatic rings. The molecule has 0 saturated heterocycles. The van der Waals surface area contributed by atoms with Gasteiger partial charge in [0.05, 0.1) is 11.4 Å². The summed E-state index contributed by atoms with van der Waals surface area (Å²) in [5, 5.41) is 0. The smallest absolute Gasteiger partial charge is 0.228 e. The molecule has 0 N–H and O–H groups in total. The van der Waals surface area contributed by atoms with Crippen LogP contribution < -0.4 is 4.90 Å². The van der Waals surface area contributed by atoms with Gasteiger partial charge in [0.2, 0.25) is 5.91 Å². The highest BCUT2D eigenvalue weighted by molar-refractivity contribution is 6.05. The van der Waals surface area contributed by atoms with Crippen molar-refractivity contribution in [2.24, 2.45) is 0 Å². The van der Waals surface area contributed by atoms with Crippen LogP contribution in [0.3, 0.4) is 0 Å². The quantitative estimate of drug-likeness (QED) is 0.686. The van der Waals surface area contributed by atoms with Crippen molar-refractivity contribution in [1.82, 2.24) is 0 Å². The third kappa shape index (κ3) is 1.95. The van der Waals surface area contributed by atoms with E-state index >= 15 is 0 Å². The average Bonchev–Trinajstić information content (AvgIpc) is 2.54. The number of amides is 1. The van der Waals surface area contributed by atoms with Gasteiger partial charge in [0.15, 0.2) is 0 Å². The summed E-state index contributed by atoms with van der Waals surface area (Å²) in [4.78, 5) is 13.9. The van der Waals surface area contributed by atoms with E-state index in [1.54, 1.807) is 11.8 Å². The summed E-state index contributed by atoms with van der Waals surface area (Å²) in [7, 11) is 0. The van der Waals surface area contributed by atoms with E-state index in [1.807, 2.05) is 31.2 Å². The molecule has 0 spiro atoms. The molecule has 0 saturated carbocycles. The largest absolute Gasteiger partial charge is 0.280 e. The summed E-state index contributed by atoms with van der Waals surface area (Å²) in [6.07, 6.45) is 4.13. The zero-order valence-corrected chi connectivity index (χ0v) is 11.1. The number of carbonyl (C=O) groups excluding carboxylic acids is 1. The Morgan fingerprint density at radius 2 is 1.63 bits per heavy atom. The fourth-order valence-corrected chi connectivity index (χ4v) is 2.47. The van der Waals surface area contributed by atoms with Crippen molar-refractivity contribution >= 4 is 29.4 Å². The minimum atomic E-state index is 0.0306. The molecule has 2 aromatic carbocycles. The molecule has 1 aliphatic rings. The first kappa shape index (κ1) is 11.7. The summed E-state index contributed by atoms with van der Waals surface area (Å²) in [5.41, 5.74) is 5.17. The number of hydrogen-bond donors (Lipinski definition) is 0. The molecule has 1 heterocycles. The molecule has 0 unspecified atom stereocenters. The van der Waals surface area contributed by atoms with Crippen LogP contribution in [0.1, 0.15) is 23.6 Å². The topological polar surface area (TPSA) is 20.3 Å². The SMILES string of the molecule is CC(=O)N1c2ccccc2C=Cc2ccc(C)cc21. The summed E-state index contributed by atoms with van der Waals surface area (Å²) >= 11 is 0. The van der Waals surface area contributed by atoms with E-state index < -0.39 is 0 Å². The van der Waals surface area contributed by atoms with Crippen molar-refractivity contribution in [2.45, 2.75) is 13.8 Å². The highest BCUT2D eigenvalue weighted by Gasteiger charge is 2.20. The van der Waals surface area contributed by atoms with Gasteiger partial charge in [0.25, 0.3) is 0 Å². The number of carbonyl (C=O) groups is 1.